The third-order valence-electron chi connectivity index (χ3n) is 4.33. The highest BCUT2D eigenvalue weighted by Crippen LogP contribution is 2.31. The van der Waals surface area contributed by atoms with E-state index in [4.69, 9.17) is 4.74 Å². The minimum absolute atomic E-state index is 0.143. The number of ether oxygens (including phenoxy) is 1. The van der Waals surface area contributed by atoms with E-state index in [9.17, 15) is 4.79 Å². The summed E-state index contributed by atoms with van der Waals surface area (Å²) in [5, 5.41) is 0. The van der Waals surface area contributed by atoms with E-state index in [2.05, 4.69) is 29.8 Å². The second-order valence-corrected chi connectivity index (χ2v) is 6.87. The number of hydrogen-bond donors (Lipinski definition) is 0. The molecule has 1 aliphatic heterocycles. The number of nitrogens with zero attached hydrogens (tertiary/aromatic N) is 2. The molecule has 0 aromatic carbocycles. The van der Waals surface area contributed by atoms with E-state index < -0.39 is 0 Å². The average molecular weight is 341 g/mol. The first kappa shape index (κ1) is 14.1. The zero-order chi connectivity index (χ0) is 14.3. The van der Waals surface area contributed by atoms with Crippen LogP contribution in [0.15, 0.2) is 16.7 Å². The van der Waals surface area contributed by atoms with Gasteiger partial charge in [-0.15, -0.1) is 0 Å². The summed E-state index contributed by atoms with van der Waals surface area (Å²) in [7, 11) is 0. The molecule has 2 unspecified atom stereocenters. The van der Waals surface area contributed by atoms with E-state index in [-0.39, 0.29) is 24.1 Å². The monoisotopic (exact) mass is 340 g/mol. The van der Waals surface area contributed by atoms with Gasteiger partial charge in [0.15, 0.2) is 0 Å². The van der Waals surface area contributed by atoms with Crippen LogP contribution in [0.3, 0.4) is 0 Å². The van der Waals surface area contributed by atoms with Gasteiger partial charge in [-0.25, -0.2) is 0 Å². The second kappa shape index (κ2) is 5.53. The number of morpholine rings is 1. The molecule has 1 saturated carbocycles. The molecule has 0 radical (unpaired) electrons. The topological polar surface area (TPSA) is 34.5 Å². The fraction of sp³-hybridized carbons (Fsp3) is 0.667. The van der Waals surface area contributed by atoms with Crippen molar-refractivity contribution < 1.29 is 9.53 Å². The Labute approximate surface area is 128 Å². The fourth-order valence-corrected chi connectivity index (χ4v) is 3.81. The molecule has 2 heterocycles. The van der Waals surface area contributed by atoms with Crippen molar-refractivity contribution in [3.63, 3.8) is 0 Å². The molecular weight excluding hydrogens is 320 g/mol. The predicted octanol–water partition coefficient (Wildman–Crippen LogP) is 3.23. The fourth-order valence-electron chi connectivity index (χ4n) is 3.37. The molecule has 4 nitrogen and oxygen atoms in total. The van der Waals surface area contributed by atoms with Gasteiger partial charge in [0.1, 0.15) is 5.69 Å². The number of rotatable bonds is 2. The van der Waals surface area contributed by atoms with Crippen molar-refractivity contribution in [2.45, 2.75) is 51.3 Å². The Kier molecular flexibility index (Phi) is 3.91. The van der Waals surface area contributed by atoms with Crippen molar-refractivity contribution in [1.29, 1.82) is 0 Å². The Morgan fingerprint density at radius 1 is 1.45 bits per heavy atom. The number of carbonyl (C=O) groups is 1. The van der Waals surface area contributed by atoms with Crippen molar-refractivity contribution in [3.05, 3.63) is 22.4 Å². The number of fused-ring (bicyclic) bond motifs is 1. The molecule has 5 heteroatoms. The maximum Gasteiger partial charge on any atom is 0.270 e. The quantitative estimate of drug-likeness (QED) is 0.828. The molecule has 1 amide bonds. The molecule has 110 valence electrons. The summed E-state index contributed by atoms with van der Waals surface area (Å²) in [6.45, 7) is 5.57. The zero-order valence-electron chi connectivity index (χ0n) is 12.0. The van der Waals surface area contributed by atoms with E-state index >= 15 is 0 Å². The van der Waals surface area contributed by atoms with Crippen LogP contribution < -0.4 is 0 Å². The Morgan fingerprint density at radius 2 is 2.25 bits per heavy atom. The van der Waals surface area contributed by atoms with Gasteiger partial charge in [0.2, 0.25) is 0 Å². The molecule has 1 aromatic heterocycles. The van der Waals surface area contributed by atoms with Crippen molar-refractivity contribution in [2.24, 2.45) is 0 Å². The van der Waals surface area contributed by atoms with Gasteiger partial charge in [0, 0.05) is 23.3 Å². The predicted molar refractivity (Wildman–Crippen MR) is 80.9 cm³/mol. The van der Waals surface area contributed by atoms with Crippen LogP contribution in [0.25, 0.3) is 0 Å². The number of amides is 1. The lowest BCUT2D eigenvalue weighted by atomic mass is 10.1. The van der Waals surface area contributed by atoms with E-state index in [1.54, 1.807) is 0 Å². The highest BCUT2D eigenvalue weighted by molar-refractivity contribution is 9.10. The summed E-state index contributed by atoms with van der Waals surface area (Å²) in [5.41, 5.74) is 0.777. The number of hydrogen-bond acceptors (Lipinski definition) is 2. The summed E-state index contributed by atoms with van der Waals surface area (Å²) in [5.74, 6) is 0.143. The highest BCUT2D eigenvalue weighted by Gasteiger charge is 2.39. The molecule has 3 rings (SSSR count). The first-order valence-electron chi connectivity index (χ1n) is 7.38. The molecule has 0 bridgehead atoms. The third-order valence-corrected chi connectivity index (χ3v) is 4.77. The van der Waals surface area contributed by atoms with Crippen LogP contribution >= 0.6 is 15.9 Å². The van der Waals surface area contributed by atoms with Gasteiger partial charge in [-0.05, 0) is 55.1 Å². The molecule has 2 aliphatic rings. The van der Waals surface area contributed by atoms with Gasteiger partial charge in [-0.2, -0.15) is 0 Å². The van der Waals surface area contributed by atoms with Crippen LogP contribution in [-0.4, -0.2) is 40.7 Å². The Morgan fingerprint density at radius 3 is 3.00 bits per heavy atom. The number of halogens is 1. The molecule has 2 atom stereocenters. The molecule has 1 aromatic rings. The summed E-state index contributed by atoms with van der Waals surface area (Å²) in [4.78, 5) is 14.9. The Balaban J connectivity index is 1.88. The van der Waals surface area contributed by atoms with E-state index in [0.717, 1.165) is 29.4 Å². The highest BCUT2D eigenvalue weighted by atomic mass is 79.9. The Hall–Kier alpha value is -0.810. The number of carbonyl (C=O) groups excluding carboxylic acids is 1. The van der Waals surface area contributed by atoms with Crippen LogP contribution in [0, 0.1) is 0 Å². The molecule has 0 spiro atoms. The maximum absolute atomic E-state index is 12.9. The smallest absolute Gasteiger partial charge is 0.270 e. The van der Waals surface area contributed by atoms with Crippen molar-refractivity contribution in [2.75, 3.05) is 13.2 Å². The third kappa shape index (κ3) is 2.42. The van der Waals surface area contributed by atoms with Gasteiger partial charge >= 0.3 is 0 Å². The molecular formula is C15H21BrN2O2. The van der Waals surface area contributed by atoms with E-state index in [1.165, 1.54) is 0 Å². The molecule has 20 heavy (non-hydrogen) atoms. The SMILES string of the molecule is CC(C)n1cc(Br)cc1C(=O)N1CCOC2CCCC21. The van der Waals surface area contributed by atoms with Crippen LogP contribution in [0.2, 0.25) is 0 Å². The average Bonchev–Trinajstić information content (AvgIpc) is 3.03. The Bertz CT molecular complexity index is 512. The first-order chi connectivity index (χ1) is 9.58. The summed E-state index contributed by atoms with van der Waals surface area (Å²) in [6.07, 6.45) is 5.56. The van der Waals surface area contributed by atoms with Gasteiger partial charge in [0.05, 0.1) is 18.8 Å². The van der Waals surface area contributed by atoms with Gasteiger partial charge in [0.25, 0.3) is 5.91 Å². The van der Waals surface area contributed by atoms with Crippen molar-refractivity contribution in [1.82, 2.24) is 9.47 Å². The lowest BCUT2D eigenvalue weighted by Gasteiger charge is -2.37. The van der Waals surface area contributed by atoms with Crippen LogP contribution in [0.1, 0.15) is 49.6 Å². The second-order valence-electron chi connectivity index (χ2n) is 5.95. The van der Waals surface area contributed by atoms with Crippen LogP contribution in [-0.2, 0) is 4.74 Å². The van der Waals surface area contributed by atoms with Crippen LogP contribution in [0.5, 0.6) is 0 Å². The molecule has 1 saturated heterocycles. The number of aromatic nitrogens is 1. The largest absolute Gasteiger partial charge is 0.374 e. The standard InChI is InChI=1S/C15H21BrN2O2/c1-10(2)18-9-11(16)8-13(18)15(19)17-6-7-20-14-5-3-4-12(14)17/h8-10,12,14H,3-7H2,1-2H3. The van der Waals surface area contributed by atoms with Crippen molar-refractivity contribution >= 4 is 21.8 Å². The molecule has 2 fully saturated rings. The summed E-state index contributed by atoms with van der Waals surface area (Å²) in [6, 6.07) is 2.48. The van der Waals surface area contributed by atoms with Crippen LogP contribution in [0.4, 0.5) is 0 Å². The normalized spacial score (nSPS) is 26.1. The van der Waals surface area contributed by atoms with Crippen molar-refractivity contribution in [3.8, 4) is 0 Å². The lowest BCUT2D eigenvalue weighted by molar-refractivity contribution is -0.0448. The summed E-state index contributed by atoms with van der Waals surface area (Å²) < 4.78 is 8.80. The van der Waals surface area contributed by atoms with Gasteiger partial charge in [-0.3, -0.25) is 4.79 Å². The minimum Gasteiger partial charge on any atom is -0.374 e. The van der Waals surface area contributed by atoms with E-state index in [0.29, 0.717) is 13.2 Å². The first-order valence-corrected chi connectivity index (χ1v) is 8.17. The molecule has 1 aliphatic carbocycles. The zero-order valence-corrected chi connectivity index (χ0v) is 13.6. The minimum atomic E-state index is 0.143. The van der Waals surface area contributed by atoms with E-state index in [1.807, 2.05) is 21.7 Å². The van der Waals surface area contributed by atoms with Gasteiger partial charge < -0.3 is 14.2 Å². The molecule has 0 N–H and O–H groups in total. The lowest BCUT2D eigenvalue weighted by Crippen LogP contribution is -2.51. The summed E-state index contributed by atoms with van der Waals surface area (Å²) >= 11 is 3.48. The van der Waals surface area contributed by atoms with Gasteiger partial charge in [-0.1, -0.05) is 0 Å². The maximum atomic E-state index is 12.9.